The zero-order valence-corrected chi connectivity index (χ0v) is 7.84. The molecule has 1 rings (SSSR count). The lowest BCUT2D eigenvalue weighted by atomic mass is 10.2. The number of esters is 1. The zero-order valence-electron chi connectivity index (χ0n) is 7.84. The van der Waals surface area contributed by atoms with Gasteiger partial charge in [0.1, 0.15) is 6.10 Å². The van der Waals surface area contributed by atoms with Gasteiger partial charge < -0.3 is 4.74 Å². The first-order valence-corrected chi connectivity index (χ1v) is 5.02. The highest BCUT2D eigenvalue weighted by Gasteiger charge is 2.25. The average Bonchev–Trinajstić information content (AvgIpc) is 2.82. The van der Waals surface area contributed by atoms with Crippen molar-refractivity contribution in [1.29, 1.82) is 0 Å². The van der Waals surface area contributed by atoms with Crippen LogP contribution in [-0.4, -0.2) is 12.1 Å². The standard InChI is InChI=1S/C10H18O2/c1-2-3-4-5-6-10(11)12-9-7-8-9/h9H,2-8H2,1H3. The van der Waals surface area contributed by atoms with Crippen LogP contribution in [0.2, 0.25) is 0 Å². The van der Waals surface area contributed by atoms with Crippen molar-refractivity contribution < 1.29 is 9.53 Å². The molecule has 0 N–H and O–H groups in total. The SMILES string of the molecule is CCCCCCC(=O)OC1CC1. The van der Waals surface area contributed by atoms with E-state index in [1.807, 2.05) is 0 Å². The number of hydrogen-bond donors (Lipinski definition) is 0. The van der Waals surface area contributed by atoms with E-state index in [9.17, 15) is 4.79 Å². The number of rotatable bonds is 6. The van der Waals surface area contributed by atoms with Crippen LogP contribution in [0.1, 0.15) is 51.9 Å². The van der Waals surface area contributed by atoms with E-state index < -0.39 is 0 Å². The fourth-order valence-electron chi connectivity index (χ4n) is 1.13. The van der Waals surface area contributed by atoms with Crippen LogP contribution < -0.4 is 0 Å². The van der Waals surface area contributed by atoms with Gasteiger partial charge in [-0.25, -0.2) is 0 Å². The quantitative estimate of drug-likeness (QED) is 0.452. The first-order valence-electron chi connectivity index (χ1n) is 5.02. The molecule has 0 radical (unpaired) electrons. The molecule has 0 spiro atoms. The zero-order chi connectivity index (χ0) is 8.81. The van der Waals surface area contributed by atoms with Gasteiger partial charge in [0.2, 0.25) is 0 Å². The second-order valence-electron chi connectivity index (χ2n) is 3.50. The van der Waals surface area contributed by atoms with Crippen molar-refractivity contribution >= 4 is 5.97 Å². The molecule has 0 aromatic carbocycles. The first kappa shape index (κ1) is 9.56. The fraction of sp³-hybridized carbons (Fsp3) is 0.900. The Morgan fingerprint density at radius 1 is 1.33 bits per heavy atom. The van der Waals surface area contributed by atoms with Gasteiger partial charge in [-0.1, -0.05) is 26.2 Å². The van der Waals surface area contributed by atoms with Gasteiger partial charge in [-0.15, -0.1) is 0 Å². The molecule has 1 aliphatic rings. The summed E-state index contributed by atoms with van der Waals surface area (Å²) in [6.45, 7) is 2.17. The maximum atomic E-state index is 11.0. The highest BCUT2D eigenvalue weighted by Crippen LogP contribution is 2.24. The van der Waals surface area contributed by atoms with Crippen LogP contribution in [0.5, 0.6) is 0 Å². The van der Waals surface area contributed by atoms with E-state index in [2.05, 4.69) is 6.92 Å². The molecule has 1 saturated carbocycles. The third-order valence-electron chi connectivity index (χ3n) is 2.06. The number of unbranched alkanes of at least 4 members (excludes halogenated alkanes) is 3. The summed E-state index contributed by atoms with van der Waals surface area (Å²) in [5, 5.41) is 0. The minimum absolute atomic E-state index is 0.00797. The maximum Gasteiger partial charge on any atom is 0.306 e. The van der Waals surface area contributed by atoms with Crippen LogP contribution >= 0.6 is 0 Å². The largest absolute Gasteiger partial charge is 0.462 e. The lowest BCUT2D eigenvalue weighted by Gasteiger charge is -2.01. The Morgan fingerprint density at radius 2 is 2.08 bits per heavy atom. The van der Waals surface area contributed by atoms with Crippen LogP contribution in [-0.2, 0) is 9.53 Å². The molecule has 0 aromatic heterocycles. The summed E-state index contributed by atoms with van der Waals surface area (Å²) in [5.41, 5.74) is 0. The molecule has 1 fully saturated rings. The minimum Gasteiger partial charge on any atom is -0.462 e. The molecule has 0 unspecified atom stereocenters. The van der Waals surface area contributed by atoms with E-state index in [1.165, 1.54) is 12.8 Å². The van der Waals surface area contributed by atoms with Crippen molar-refractivity contribution in [1.82, 2.24) is 0 Å². The van der Waals surface area contributed by atoms with Crippen LogP contribution in [0, 0.1) is 0 Å². The van der Waals surface area contributed by atoms with E-state index in [0.29, 0.717) is 6.42 Å². The second kappa shape index (κ2) is 5.18. The minimum atomic E-state index is 0.00797. The van der Waals surface area contributed by atoms with E-state index in [-0.39, 0.29) is 12.1 Å². The summed E-state index contributed by atoms with van der Waals surface area (Å²) in [7, 11) is 0. The van der Waals surface area contributed by atoms with Crippen molar-refractivity contribution in [2.75, 3.05) is 0 Å². The van der Waals surface area contributed by atoms with Crippen molar-refractivity contribution in [2.45, 2.75) is 58.0 Å². The molecule has 0 atom stereocenters. The molecule has 70 valence electrons. The Bertz CT molecular complexity index is 139. The third kappa shape index (κ3) is 4.37. The molecule has 0 amide bonds. The van der Waals surface area contributed by atoms with Gasteiger partial charge in [0.05, 0.1) is 0 Å². The highest BCUT2D eigenvalue weighted by atomic mass is 16.5. The summed E-state index contributed by atoms with van der Waals surface area (Å²) in [6.07, 6.45) is 7.69. The molecule has 0 bridgehead atoms. The van der Waals surface area contributed by atoms with Gasteiger partial charge in [-0.2, -0.15) is 0 Å². The topological polar surface area (TPSA) is 26.3 Å². The lowest BCUT2D eigenvalue weighted by Crippen LogP contribution is -2.05. The summed E-state index contributed by atoms with van der Waals surface area (Å²) in [4.78, 5) is 11.0. The van der Waals surface area contributed by atoms with Gasteiger partial charge in [0, 0.05) is 6.42 Å². The Kier molecular flexibility index (Phi) is 4.12. The fourth-order valence-corrected chi connectivity index (χ4v) is 1.13. The van der Waals surface area contributed by atoms with E-state index in [4.69, 9.17) is 4.74 Å². The van der Waals surface area contributed by atoms with Crippen molar-refractivity contribution in [3.05, 3.63) is 0 Å². The van der Waals surface area contributed by atoms with Crippen molar-refractivity contribution in [3.8, 4) is 0 Å². The van der Waals surface area contributed by atoms with Crippen molar-refractivity contribution in [3.63, 3.8) is 0 Å². The first-order chi connectivity index (χ1) is 5.83. The predicted molar refractivity (Wildman–Crippen MR) is 47.9 cm³/mol. The van der Waals surface area contributed by atoms with Gasteiger partial charge in [-0.3, -0.25) is 4.79 Å². The summed E-state index contributed by atoms with van der Waals surface area (Å²) in [6, 6.07) is 0. The van der Waals surface area contributed by atoms with Gasteiger partial charge in [-0.05, 0) is 19.3 Å². The molecule has 2 nitrogen and oxygen atoms in total. The van der Waals surface area contributed by atoms with Crippen LogP contribution in [0.25, 0.3) is 0 Å². The summed E-state index contributed by atoms with van der Waals surface area (Å²) < 4.78 is 5.10. The molecule has 0 aromatic rings. The number of carbonyl (C=O) groups excluding carboxylic acids is 1. The summed E-state index contributed by atoms with van der Waals surface area (Å²) in [5.74, 6) is 0.00797. The van der Waals surface area contributed by atoms with Crippen LogP contribution in [0.4, 0.5) is 0 Å². The highest BCUT2D eigenvalue weighted by molar-refractivity contribution is 5.69. The van der Waals surface area contributed by atoms with E-state index >= 15 is 0 Å². The Morgan fingerprint density at radius 3 is 2.67 bits per heavy atom. The van der Waals surface area contributed by atoms with E-state index in [0.717, 1.165) is 25.7 Å². The predicted octanol–water partition coefficient (Wildman–Crippen LogP) is 2.66. The molecule has 0 aliphatic heterocycles. The Balaban J connectivity index is 1.87. The molecule has 2 heteroatoms. The Labute approximate surface area is 74.3 Å². The molecule has 0 heterocycles. The summed E-state index contributed by atoms with van der Waals surface area (Å²) >= 11 is 0. The lowest BCUT2D eigenvalue weighted by molar-refractivity contribution is -0.145. The third-order valence-corrected chi connectivity index (χ3v) is 2.06. The van der Waals surface area contributed by atoms with Crippen LogP contribution in [0.15, 0.2) is 0 Å². The molecule has 12 heavy (non-hydrogen) atoms. The number of hydrogen-bond acceptors (Lipinski definition) is 2. The average molecular weight is 170 g/mol. The maximum absolute atomic E-state index is 11.0. The normalized spacial score (nSPS) is 16.1. The second-order valence-corrected chi connectivity index (χ2v) is 3.50. The van der Waals surface area contributed by atoms with Gasteiger partial charge in [0.15, 0.2) is 0 Å². The number of carbonyl (C=O) groups is 1. The molecular formula is C10H18O2. The smallest absolute Gasteiger partial charge is 0.306 e. The molecule has 0 saturated heterocycles. The van der Waals surface area contributed by atoms with Crippen LogP contribution in [0.3, 0.4) is 0 Å². The number of ether oxygens (including phenoxy) is 1. The van der Waals surface area contributed by atoms with Gasteiger partial charge in [0.25, 0.3) is 0 Å². The molecular weight excluding hydrogens is 152 g/mol. The Hall–Kier alpha value is -0.530. The monoisotopic (exact) mass is 170 g/mol. The van der Waals surface area contributed by atoms with Crippen molar-refractivity contribution in [2.24, 2.45) is 0 Å². The van der Waals surface area contributed by atoms with E-state index in [1.54, 1.807) is 0 Å². The van der Waals surface area contributed by atoms with Gasteiger partial charge >= 0.3 is 5.97 Å². The molecule has 1 aliphatic carbocycles.